The molecule has 0 N–H and O–H groups in total. The first kappa shape index (κ1) is 27.2. The number of unbranched alkanes of at least 4 members (excludes halogenated alkanes) is 2. The topological polar surface area (TPSA) is 58.0 Å². The Morgan fingerprint density at radius 2 is 1.65 bits per heavy atom. The number of benzene rings is 2. The number of halogens is 1. The molecule has 0 aliphatic carbocycles. The van der Waals surface area contributed by atoms with Gasteiger partial charge in [0.25, 0.3) is 0 Å². The summed E-state index contributed by atoms with van der Waals surface area (Å²) in [7, 11) is 3.62. The first-order chi connectivity index (χ1) is 17.8. The van der Waals surface area contributed by atoms with Crippen molar-refractivity contribution in [3.05, 3.63) is 53.7 Å². The molecule has 1 aromatic heterocycles. The van der Waals surface area contributed by atoms with Gasteiger partial charge < -0.3 is 14.5 Å². The molecule has 1 fully saturated rings. The second-order valence-electron chi connectivity index (χ2n) is 9.93. The third kappa shape index (κ3) is 7.12. The molecule has 7 nitrogen and oxygen atoms in total. The number of ether oxygens (including phenoxy) is 1. The number of carbonyl (C=O) groups is 2. The molecule has 1 aliphatic rings. The first-order valence-electron chi connectivity index (χ1n) is 13.0. The molecule has 1 aliphatic heterocycles. The first-order valence-corrected chi connectivity index (χ1v) is 13.4. The standard InChI is InChI=1S/C29H37ClN4O3/c1-22(35)34-20-27(23-7-9-24(30)10-8-23)26-12-11-25(19-28(26)34)37-18-6-4-5-13-32-14-16-33(17-15-32)21-29(36)31(2)3/h7-12,19-20H,4-6,13-18,21H2,1-3H3. The highest BCUT2D eigenvalue weighted by molar-refractivity contribution is 6.30. The number of aromatic nitrogens is 1. The molecule has 1 saturated heterocycles. The molecule has 0 bridgehead atoms. The minimum absolute atomic E-state index is 0.0347. The fraction of sp³-hybridized carbons (Fsp3) is 0.448. The Labute approximate surface area is 224 Å². The van der Waals surface area contributed by atoms with Crippen LogP contribution in [0.15, 0.2) is 48.7 Å². The highest BCUT2D eigenvalue weighted by Crippen LogP contribution is 2.33. The van der Waals surface area contributed by atoms with Crippen molar-refractivity contribution in [1.29, 1.82) is 0 Å². The second-order valence-corrected chi connectivity index (χ2v) is 10.4. The molecule has 0 unspecified atom stereocenters. The van der Waals surface area contributed by atoms with Crippen LogP contribution in [-0.2, 0) is 4.79 Å². The molecule has 3 aromatic rings. The number of amides is 1. The molecule has 0 radical (unpaired) electrons. The van der Waals surface area contributed by atoms with E-state index in [0.717, 1.165) is 79.8 Å². The lowest BCUT2D eigenvalue weighted by Crippen LogP contribution is -2.49. The summed E-state index contributed by atoms with van der Waals surface area (Å²) in [5, 5.41) is 1.70. The van der Waals surface area contributed by atoms with Crippen LogP contribution in [0.1, 0.15) is 31.0 Å². The van der Waals surface area contributed by atoms with E-state index in [1.54, 1.807) is 16.4 Å². The molecule has 4 rings (SSSR count). The quantitative estimate of drug-likeness (QED) is 0.354. The van der Waals surface area contributed by atoms with E-state index in [9.17, 15) is 9.59 Å². The Bertz CT molecular complexity index is 1210. The molecule has 2 heterocycles. The fourth-order valence-electron chi connectivity index (χ4n) is 4.72. The van der Waals surface area contributed by atoms with Crippen LogP contribution >= 0.6 is 11.6 Å². The SMILES string of the molecule is CC(=O)n1cc(-c2ccc(Cl)cc2)c2ccc(OCCCCCN3CCN(CC(=O)N(C)C)CC3)cc21. The van der Waals surface area contributed by atoms with E-state index in [0.29, 0.717) is 18.2 Å². The van der Waals surface area contributed by atoms with Gasteiger partial charge in [-0.05, 0) is 55.6 Å². The van der Waals surface area contributed by atoms with E-state index >= 15 is 0 Å². The maximum Gasteiger partial charge on any atom is 0.236 e. The lowest BCUT2D eigenvalue weighted by atomic mass is 10.0. The fourth-order valence-corrected chi connectivity index (χ4v) is 4.85. The number of nitrogens with zero attached hydrogens (tertiary/aromatic N) is 4. The molecule has 37 heavy (non-hydrogen) atoms. The van der Waals surface area contributed by atoms with Crippen LogP contribution in [0.4, 0.5) is 0 Å². The number of piperazine rings is 1. The number of rotatable bonds is 10. The highest BCUT2D eigenvalue weighted by atomic mass is 35.5. The Balaban J connectivity index is 1.23. The summed E-state index contributed by atoms with van der Waals surface area (Å²) in [4.78, 5) is 30.6. The van der Waals surface area contributed by atoms with E-state index < -0.39 is 0 Å². The molecule has 198 valence electrons. The summed E-state index contributed by atoms with van der Waals surface area (Å²) in [6, 6.07) is 13.6. The van der Waals surface area contributed by atoms with Crippen molar-refractivity contribution in [3.8, 4) is 16.9 Å². The van der Waals surface area contributed by atoms with Crippen LogP contribution in [0.2, 0.25) is 5.02 Å². The van der Waals surface area contributed by atoms with Crippen LogP contribution in [0.25, 0.3) is 22.0 Å². The maximum atomic E-state index is 12.3. The van der Waals surface area contributed by atoms with Crippen molar-refractivity contribution in [1.82, 2.24) is 19.3 Å². The number of hydrogen-bond acceptors (Lipinski definition) is 5. The predicted molar refractivity (Wildman–Crippen MR) is 150 cm³/mol. The lowest BCUT2D eigenvalue weighted by molar-refractivity contribution is -0.130. The zero-order valence-electron chi connectivity index (χ0n) is 22.1. The molecule has 1 amide bonds. The van der Waals surface area contributed by atoms with Crippen molar-refractivity contribution in [2.75, 3.05) is 60.0 Å². The van der Waals surface area contributed by atoms with Gasteiger partial charge in [-0.2, -0.15) is 0 Å². The zero-order valence-corrected chi connectivity index (χ0v) is 22.8. The van der Waals surface area contributed by atoms with E-state index in [2.05, 4.69) is 9.80 Å². The van der Waals surface area contributed by atoms with Crippen molar-refractivity contribution in [2.45, 2.75) is 26.2 Å². The maximum absolute atomic E-state index is 12.3. The Kier molecular flexibility index (Phi) is 9.24. The largest absolute Gasteiger partial charge is 0.494 e. The van der Waals surface area contributed by atoms with Gasteiger partial charge in [-0.1, -0.05) is 23.7 Å². The van der Waals surface area contributed by atoms with Crippen LogP contribution in [0, 0.1) is 0 Å². The smallest absolute Gasteiger partial charge is 0.236 e. The molecule has 0 atom stereocenters. The van der Waals surface area contributed by atoms with Gasteiger partial charge in [-0.15, -0.1) is 0 Å². The average Bonchev–Trinajstić information content (AvgIpc) is 3.26. The normalized spacial score (nSPS) is 14.7. The summed E-state index contributed by atoms with van der Waals surface area (Å²) in [5.41, 5.74) is 2.87. The van der Waals surface area contributed by atoms with Gasteiger partial charge in [-0.3, -0.25) is 19.1 Å². The van der Waals surface area contributed by atoms with Gasteiger partial charge in [0.15, 0.2) is 0 Å². The Morgan fingerprint density at radius 1 is 0.946 bits per heavy atom. The molecular weight excluding hydrogens is 488 g/mol. The summed E-state index contributed by atoms with van der Waals surface area (Å²) in [5.74, 6) is 0.913. The minimum Gasteiger partial charge on any atom is -0.494 e. The van der Waals surface area contributed by atoms with Gasteiger partial charge in [0.2, 0.25) is 11.8 Å². The van der Waals surface area contributed by atoms with Crippen LogP contribution in [0.3, 0.4) is 0 Å². The molecule has 0 saturated carbocycles. The van der Waals surface area contributed by atoms with Crippen LogP contribution in [0.5, 0.6) is 5.75 Å². The minimum atomic E-state index is -0.0347. The van der Waals surface area contributed by atoms with Crippen LogP contribution < -0.4 is 4.74 Å². The van der Waals surface area contributed by atoms with Crippen LogP contribution in [-0.4, -0.2) is 91.1 Å². The van der Waals surface area contributed by atoms with Gasteiger partial charge in [0.05, 0.1) is 18.7 Å². The Hall–Kier alpha value is -2.87. The van der Waals surface area contributed by atoms with Gasteiger partial charge in [-0.25, -0.2) is 0 Å². The summed E-state index contributed by atoms with van der Waals surface area (Å²) < 4.78 is 7.73. The van der Waals surface area contributed by atoms with Gasteiger partial charge in [0.1, 0.15) is 5.75 Å². The lowest BCUT2D eigenvalue weighted by Gasteiger charge is -2.34. The van der Waals surface area contributed by atoms with Crippen molar-refractivity contribution in [2.24, 2.45) is 0 Å². The van der Waals surface area contributed by atoms with Gasteiger partial charge in [0, 0.05) is 75.4 Å². The van der Waals surface area contributed by atoms with Crippen molar-refractivity contribution >= 4 is 34.3 Å². The van der Waals surface area contributed by atoms with E-state index in [-0.39, 0.29) is 11.8 Å². The van der Waals surface area contributed by atoms with Gasteiger partial charge >= 0.3 is 0 Å². The molecule has 2 aromatic carbocycles. The third-order valence-electron chi connectivity index (χ3n) is 6.98. The molecule has 8 heteroatoms. The number of likely N-dealkylation sites (N-methyl/N-ethyl adjacent to an activating group) is 1. The van der Waals surface area contributed by atoms with Crippen molar-refractivity contribution < 1.29 is 14.3 Å². The predicted octanol–water partition coefficient (Wildman–Crippen LogP) is 4.88. The highest BCUT2D eigenvalue weighted by Gasteiger charge is 2.19. The number of fused-ring (bicyclic) bond motifs is 1. The van der Waals surface area contributed by atoms with Crippen molar-refractivity contribution in [3.63, 3.8) is 0 Å². The molecule has 0 spiro atoms. The number of carbonyl (C=O) groups excluding carboxylic acids is 2. The number of hydrogen-bond donors (Lipinski definition) is 0. The van der Waals surface area contributed by atoms with E-state index in [4.69, 9.17) is 16.3 Å². The summed E-state index contributed by atoms with van der Waals surface area (Å²) >= 11 is 6.05. The summed E-state index contributed by atoms with van der Waals surface area (Å²) in [6.45, 7) is 7.76. The monoisotopic (exact) mass is 524 g/mol. The third-order valence-corrected chi connectivity index (χ3v) is 7.23. The van der Waals surface area contributed by atoms with E-state index in [1.165, 1.54) is 0 Å². The summed E-state index contributed by atoms with van der Waals surface area (Å²) in [6.07, 6.45) is 5.11. The second kappa shape index (κ2) is 12.6. The zero-order chi connectivity index (χ0) is 26.4. The Morgan fingerprint density at radius 3 is 2.32 bits per heavy atom. The average molecular weight is 525 g/mol. The van der Waals surface area contributed by atoms with E-state index in [1.807, 2.05) is 62.8 Å². The molecular formula is C29H37ClN4O3.